The van der Waals surface area contributed by atoms with Crippen LogP contribution in [0.15, 0.2) is 24.3 Å². The van der Waals surface area contributed by atoms with E-state index in [4.69, 9.17) is 10.5 Å². The molecule has 1 fully saturated rings. The van der Waals surface area contributed by atoms with Gasteiger partial charge in [-0.05, 0) is 32.9 Å². The molecule has 5 heteroatoms. The Bertz CT molecular complexity index is 475. The fraction of sp³-hybridized carbons (Fsp3) is 0.588. The summed E-state index contributed by atoms with van der Waals surface area (Å²) in [6.45, 7) is 12.5. The molecule has 0 aromatic heterocycles. The highest BCUT2D eigenvalue weighted by molar-refractivity contribution is 5.70. The largest absolute Gasteiger partial charge is 0.444 e. The van der Waals surface area contributed by atoms with Gasteiger partial charge in [-0.1, -0.05) is 26.0 Å². The molecule has 5 nitrogen and oxygen atoms in total. The molecule has 2 rings (SSSR count). The summed E-state index contributed by atoms with van der Waals surface area (Å²) < 4.78 is 5.39. The Labute approximate surface area is 134 Å². The second-order valence-electron chi connectivity index (χ2n) is 6.01. The van der Waals surface area contributed by atoms with Gasteiger partial charge in [0.1, 0.15) is 5.60 Å². The van der Waals surface area contributed by atoms with Crippen LogP contribution in [0.5, 0.6) is 0 Å². The standard InChI is InChI=1S/C15H23N3O2.C2H6/c1-15(2,3)20-14(19)18-10-8-17(9-11-18)13-7-5-4-6-12(13)16;1-2/h4-7H,8-11,16H2,1-3H3;1-2H3. The molecule has 0 spiro atoms. The molecule has 0 saturated carbocycles. The minimum atomic E-state index is -0.446. The Hall–Kier alpha value is -1.91. The number of rotatable bonds is 1. The van der Waals surface area contributed by atoms with E-state index in [1.165, 1.54) is 0 Å². The SMILES string of the molecule is CC.CC(C)(C)OC(=O)N1CCN(c2ccccc2N)CC1. The first-order valence-corrected chi connectivity index (χ1v) is 7.94. The predicted molar refractivity (Wildman–Crippen MR) is 92.2 cm³/mol. The number of benzene rings is 1. The van der Waals surface area contributed by atoms with Gasteiger partial charge in [0.2, 0.25) is 0 Å². The van der Waals surface area contributed by atoms with E-state index in [2.05, 4.69) is 4.90 Å². The molecule has 1 heterocycles. The Morgan fingerprint density at radius 1 is 1.09 bits per heavy atom. The number of piperazine rings is 1. The first-order valence-electron chi connectivity index (χ1n) is 7.94. The summed E-state index contributed by atoms with van der Waals surface area (Å²) in [4.78, 5) is 15.9. The average molecular weight is 307 g/mol. The molecule has 0 bridgehead atoms. The van der Waals surface area contributed by atoms with Crippen LogP contribution >= 0.6 is 0 Å². The normalized spacial score (nSPS) is 15.0. The molecular formula is C17H29N3O2. The minimum Gasteiger partial charge on any atom is -0.444 e. The summed E-state index contributed by atoms with van der Waals surface area (Å²) in [7, 11) is 0. The van der Waals surface area contributed by atoms with Gasteiger partial charge in [-0.15, -0.1) is 0 Å². The van der Waals surface area contributed by atoms with E-state index < -0.39 is 5.60 Å². The highest BCUT2D eigenvalue weighted by Gasteiger charge is 2.26. The van der Waals surface area contributed by atoms with Crippen molar-refractivity contribution in [2.45, 2.75) is 40.2 Å². The summed E-state index contributed by atoms with van der Waals surface area (Å²) in [6.07, 6.45) is -0.238. The maximum Gasteiger partial charge on any atom is 0.410 e. The smallest absolute Gasteiger partial charge is 0.410 e. The monoisotopic (exact) mass is 307 g/mol. The third-order valence-electron chi connectivity index (χ3n) is 3.21. The van der Waals surface area contributed by atoms with E-state index in [0.29, 0.717) is 13.1 Å². The molecule has 124 valence electrons. The maximum atomic E-state index is 12.0. The van der Waals surface area contributed by atoms with Crippen molar-refractivity contribution >= 4 is 17.5 Å². The van der Waals surface area contributed by atoms with Crippen LogP contribution in [-0.2, 0) is 4.74 Å². The zero-order valence-corrected chi connectivity index (χ0v) is 14.4. The molecular weight excluding hydrogens is 278 g/mol. The lowest BCUT2D eigenvalue weighted by Crippen LogP contribution is -2.50. The van der Waals surface area contributed by atoms with Crippen LogP contribution in [0.3, 0.4) is 0 Å². The third kappa shape index (κ3) is 5.13. The van der Waals surface area contributed by atoms with E-state index in [1.54, 1.807) is 4.90 Å². The Morgan fingerprint density at radius 2 is 1.64 bits per heavy atom. The van der Waals surface area contributed by atoms with Gasteiger partial charge >= 0.3 is 6.09 Å². The quantitative estimate of drug-likeness (QED) is 0.808. The van der Waals surface area contributed by atoms with Gasteiger partial charge < -0.3 is 20.3 Å². The molecule has 0 aliphatic carbocycles. The van der Waals surface area contributed by atoms with Crippen molar-refractivity contribution in [3.05, 3.63) is 24.3 Å². The zero-order valence-electron chi connectivity index (χ0n) is 14.4. The van der Waals surface area contributed by atoms with Crippen molar-refractivity contribution in [3.8, 4) is 0 Å². The van der Waals surface area contributed by atoms with Gasteiger partial charge in [-0.2, -0.15) is 0 Å². The topological polar surface area (TPSA) is 58.8 Å². The Morgan fingerprint density at radius 3 is 2.14 bits per heavy atom. The van der Waals surface area contributed by atoms with Crippen LogP contribution < -0.4 is 10.6 Å². The summed E-state index contributed by atoms with van der Waals surface area (Å²) in [5, 5.41) is 0. The average Bonchev–Trinajstić information content (AvgIpc) is 2.48. The number of hydrogen-bond acceptors (Lipinski definition) is 4. The second kappa shape index (κ2) is 7.92. The number of anilines is 2. The van der Waals surface area contributed by atoms with E-state index in [-0.39, 0.29) is 6.09 Å². The molecule has 1 amide bonds. The second-order valence-corrected chi connectivity index (χ2v) is 6.01. The lowest BCUT2D eigenvalue weighted by atomic mass is 10.2. The number of nitrogen functional groups attached to an aromatic ring is 1. The molecule has 0 unspecified atom stereocenters. The van der Waals surface area contributed by atoms with Crippen LogP contribution in [-0.4, -0.2) is 42.8 Å². The van der Waals surface area contributed by atoms with Crippen LogP contribution in [0.25, 0.3) is 0 Å². The Balaban J connectivity index is 0.00000116. The van der Waals surface area contributed by atoms with Crippen LogP contribution in [0.1, 0.15) is 34.6 Å². The van der Waals surface area contributed by atoms with Crippen molar-refractivity contribution in [1.29, 1.82) is 0 Å². The molecule has 1 aliphatic rings. The van der Waals surface area contributed by atoms with Gasteiger partial charge in [0.25, 0.3) is 0 Å². The number of nitrogens with zero attached hydrogens (tertiary/aromatic N) is 2. The summed E-state index contributed by atoms with van der Waals surface area (Å²) >= 11 is 0. The highest BCUT2D eigenvalue weighted by atomic mass is 16.6. The van der Waals surface area contributed by atoms with E-state index in [9.17, 15) is 4.79 Å². The van der Waals surface area contributed by atoms with Crippen LogP contribution in [0.4, 0.5) is 16.2 Å². The fourth-order valence-electron chi connectivity index (χ4n) is 2.23. The summed E-state index contributed by atoms with van der Waals surface area (Å²) in [6, 6.07) is 7.82. The number of para-hydroxylation sites is 2. The van der Waals surface area contributed by atoms with Crippen molar-refractivity contribution in [1.82, 2.24) is 4.90 Å². The zero-order chi connectivity index (χ0) is 16.8. The van der Waals surface area contributed by atoms with Crippen molar-refractivity contribution in [3.63, 3.8) is 0 Å². The molecule has 22 heavy (non-hydrogen) atoms. The van der Waals surface area contributed by atoms with Gasteiger partial charge in [0, 0.05) is 26.2 Å². The number of carbonyl (C=O) groups is 1. The molecule has 1 aromatic rings. The van der Waals surface area contributed by atoms with E-state index >= 15 is 0 Å². The van der Waals surface area contributed by atoms with Gasteiger partial charge in [-0.25, -0.2) is 4.79 Å². The lowest BCUT2D eigenvalue weighted by Gasteiger charge is -2.37. The number of ether oxygens (including phenoxy) is 1. The number of carbonyl (C=O) groups excluding carboxylic acids is 1. The van der Waals surface area contributed by atoms with Gasteiger partial charge in [-0.3, -0.25) is 0 Å². The Kier molecular flexibility index (Phi) is 6.53. The van der Waals surface area contributed by atoms with Gasteiger partial charge in [0.05, 0.1) is 11.4 Å². The molecule has 1 aliphatic heterocycles. The first-order chi connectivity index (χ1) is 10.4. The van der Waals surface area contributed by atoms with Crippen molar-refractivity contribution < 1.29 is 9.53 Å². The first kappa shape index (κ1) is 18.1. The number of hydrogen-bond donors (Lipinski definition) is 1. The minimum absolute atomic E-state index is 0.238. The molecule has 0 atom stereocenters. The highest BCUT2D eigenvalue weighted by Crippen LogP contribution is 2.23. The summed E-state index contributed by atoms with van der Waals surface area (Å²) in [5.74, 6) is 0. The van der Waals surface area contributed by atoms with E-state index in [0.717, 1.165) is 24.5 Å². The molecule has 1 aromatic carbocycles. The van der Waals surface area contributed by atoms with Crippen LogP contribution in [0.2, 0.25) is 0 Å². The summed E-state index contributed by atoms with van der Waals surface area (Å²) in [5.41, 5.74) is 7.35. The van der Waals surface area contributed by atoms with Crippen LogP contribution in [0, 0.1) is 0 Å². The number of amides is 1. The van der Waals surface area contributed by atoms with Crippen molar-refractivity contribution in [2.75, 3.05) is 36.8 Å². The maximum absolute atomic E-state index is 12.0. The third-order valence-corrected chi connectivity index (χ3v) is 3.21. The molecule has 2 N–H and O–H groups in total. The predicted octanol–water partition coefficient (Wildman–Crippen LogP) is 3.35. The fourth-order valence-corrected chi connectivity index (χ4v) is 2.23. The van der Waals surface area contributed by atoms with Gasteiger partial charge in [0.15, 0.2) is 0 Å². The van der Waals surface area contributed by atoms with E-state index in [1.807, 2.05) is 58.9 Å². The number of nitrogens with two attached hydrogens (primary N) is 1. The molecule has 1 saturated heterocycles. The molecule has 0 radical (unpaired) electrons. The lowest BCUT2D eigenvalue weighted by molar-refractivity contribution is 0.0240. The van der Waals surface area contributed by atoms with Crippen molar-refractivity contribution in [2.24, 2.45) is 0 Å².